The van der Waals surface area contributed by atoms with E-state index < -0.39 is 9.84 Å². The lowest BCUT2D eigenvalue weighted by molar-refractivity contribution is 0.444. The highest BCUT2D eigenvalue weighted by Gasteiger charge is 2.20. The highest BCUT2D eigenvalue weighted by atomic mass is 32.2. The molecule has 2 aromatic rings. The van der Waals surface area contributed by atoms with Gasteiger partial charge in [0.15, 0.2) is 9.84 Å². The van der Waals surface area contributed by atoms with E-state index >= 15 is 0 Å². The Labute approximate surface area is 163 Å². The van der Waals surface area contributed by atoms with Gasteiger partial charge in [0.25, 0.3) is 5.56 Å². The molecule has 4 nitrogen and oxygen atoms in total. The fraction of sp³-hybridized carbons (Fsp3) is 0.500. The summed E-state index contributed by atoms with van der Waals surface area (Å²) < 4.78 is 23.5. The maximum absolute atomic E-state index is 12.3. The zero-order chi connectivity index (χ0) is 20.0. The fourth-order valence-electron chi connectivity index (χ4n) is 3.46. The number of pyridine rings is 1. The Morgan fingerprint density at radius 1 is 1.04 bits per heavy atom. The lowest BCUT2D eigenvalue weighted by Crippen LogP contribution is -2.17. The minimum atomic E-state index is -3.22. The van der Waals surface area contributed by atoms with Gasteiger partial charge in [-0.25, -0.2) is 8.42 Å². The van der Waals surface area contributed by atoms with Crippen molar-refractivity contribution in [2.45, 2.75) is 63.7 Å². The average Bonchev–Trinajstić information content (AvgIpc) is 2.63. The maximum atomic E-state index is 12.3. The van der Waals surface area contributed by atoms with E-state index in [4.69, 9.17) is 0 Å². The van der Waals surface area contributed by atoms with Crippen molar-refractivity contribution in [2.24, 2.45) is 5.92 Å². The van der Waals surface area contributed by atoms with Crippen LogP contribution in [0.4, 0.5) is 0 Å². The Kier molecular flexibility index (Phi) is 7.42. The molecule has 1 aromatic heterocycles. The summed E-state index contributed by atoms with van der Waals surface area (Å²) in [6, 6.07) is 11.0. The summed E-state index contributed by atoms with van der Waals surface area (Å²) in [6.07, 6.45) is 6.33. The zero-order valence-corrected chi connectivity index (χ0v) is 17.6. The molecule has 0 fully saturated rings. The number of unbranched alkanes of at least 4 members (excludes halogenated alkanes) is 1. The van der Waals surface area contributed by atoms with Gasteiger partial charge in [0.1, 0.15) is 0 Å². The Balaban J connectivity index is 2.40. The second kappa shape index (κ2) is 9.36. The Morgan fingerprint density at radius 3 is 2.22 bits per heavy atom. The number of hydrogen-bond donors (Lipinski definition) is 1. The van der Waals surface area contributed by atoms with E-state index in [0.29, 0.717) is 17.2 Å². The summed E-state index contributed by atoms with van der Waals surface area (Å²) in [4.78, 5) is 15.7. The summed E-state index contributed by atoms with van der Waals surface area (Å²) >= 11 is 0. The van der Waals surface area contributed by atoms with Crippen molar-refractivity contribution < 1.29 is 8.42 Å². The SMILES string of the molecule is CCCCC(C)CC(c1ccc(S(C)(=O)=O)cc1)c1ccc(CC)c(=O)[nH]1. The van der Waals surface area contributed by atoms with Crippen LogP contribution in [-0.2, 0) is 16.3 Å². The van der Waals surface area contributed by atoms with Crippen LogP contribution in [0.3, 0.4) is 0 Å². The molecular formula is C22H31NO3S. The second-order valence-electron chi connectivity index (χ2n) is 7.50. The number of nitrogens with one attached hydrogen (secondary N) is 1. The predicted molar refractivity (Wildman–Crippen MR) is 111 cm³/mol. The maximum Gasteiger partial charge on any atom is 0.251 e. The Hall–Kier alpha value is -1.88. The number of aromatic nitrogens is 1. The Morgan fingerprint density at radius 2 is 1.70 bits per heavy atom. The fourth-order valence-corrected chi connectivity index (χ4v) is 4.09. The van der Waals surface area contributed by atoms with Crippen LogP contribution in [0.5, 0.6) is 0 Å². The van der Waals surface area contributed by atoms with E-state index in [9.17, 15) is 13.2 Å². The van der Waals surface area contributed by atoms with Crippen molar-refractivity contribution in [3.05, 3.63) is 63.6 Å². The highest BCUT2D eigenvalue weighted by Crippen LogP contribution is 2.32. The molecule has 2 unspecified atom stereocenters. The van der Waals surface area contributed by atoms with Crippen LogP contribution in [-0.4, -0.2) is 19.7 Å². The first-order chi connectivity index (χ1) is 12.8. The van der Waals surface area contributed by atoms with Crippen LogP contribution in [0.1, 0.15) is 69.2 Å². The lowest BCUT2D eigenvalue weighted by atomic mass is 9.85. The Bertz CT molecular complexity index is 898. The van der Waals surface area contributed by atoms with E-state index in [-0.39, 0.29) is 11.5 Å². The normalized spacial score (nSPS) is 14.1. The topological polar surface area (TPSA) is 67.0 Å². The third-order valence-electron chi connectivity index (χ3n) is 5.17. The molecule has 148 valence electrons. The van der Waals surface area contributed by atoms with Crippen molar-refractivity contribution in [1.82, 2.24) is 4.98 Å². The summed E-state index contributed by atoms with van der Waals surface area (Å²) in [5.41, 5.74) is 2.68. The van der Waals surface area contributed by atoms with Crippen molar-refractivity contribution in [3.8, 4) is 0 Å². The van der Waals surface area contributed by atoms with Crippen LogP contribution in [0.2, 0.25) is 0 Å². The van der Waals surface area contributed by atoms with Gasteiger partial charge in [0, 0.05) is 23.4 Å². The van der Waals surface area contributed by atoms with Crippen LogP contribution in [0, 0.1) is 5.92 Å². The molecule has 0 spiro atoms. The van der Waals surface area contributed by atoms with Gasteiger partial charge in [-0.15, -0.1) is 0 Å². The van der Waals surface area contributed by atoms with Gasteiger partial charge in [0.05, 0.1) is 4.90 Å². The first-order valence-corrected chi connectivity index (χ1v) is 11.7. The first-order valence-electron chi connectivity index (χ1n) is 9.78. The van der Waals surface area contributed by atoms with E-state index in [1.165, 1.54) is 19.1 Å². The molecule has 0 amide bonds. The van der Waals surface area contributed by atoms with Gasteiger partial charge in [0.2, 0.25) is 0 Å². The van der Waals surface area contributed by atoms with Crippen LogP contribution in [0.15, 0.2) is 46.1 Å². The molecule has 0 aliphatic heterocycles. The third kappa shape index (κ3) is 5.80. The molecule has 1 heterocycles. The van der Waals surface area contributed by atoms with E-state index in [0.717, 1.165) is 29.7 Å². The van der Waals surface area contributed by atoms with Crippen LogP contribution < -0.4 is 5.56 Å². The average molecular weight is 390 g/mol. The minimum Gasteiger partial charge on any atom is -0.325 e. The first kappa shape index (κ1) is 21.4. The number of sulfone groups is 1. The van der Waals surface area contributed by atoms with Gasteiger partial charge in [-0.3, -0.25) is 4.79 Å². The van der Waals surface area contributed by atoms with Crippen molar-refractivity contribution in [2.75, 3.05) is 6.26 Å². The summed E-state index contributed by atoms with van der Waals surface area (Å²) in [5, 5.41) is 0. The van der Waals surface area contributed by atoms with E-state index in [1.54, 1.807) is 12.1 Å². The van der Waals surface area contributed by atoms with E-state index in [2.05, 4.69) is 18.8 Å². The molecule has 0 saturated heterocycles. The minimum absolute atomic E-state index is 0.0334. The molecular weight excluding hydrogens is 358 g/mol. The second-order valence-corrected chi connectivity index (χ2v) is 9.51. The van der Waals surface area contributed by atoms with Crippen LogP contribution >= 0.6 is 0 Å². The molecule has 0 radical (unpaired) electrons. The molecule has 27 heavy (non-hydrogen) atoms. The molecule has 0 saturated carbocycles. The van der Waals surface area contributed by atoms with Gasteiger partial charge < -0.3 is 4.98 Å². The van der Waals surface area contributed by atoms with Gasteiger partial charge in [-0.2, -0.15) is 0 Å². The summed E-state index contributed by atoms with van der Waals surface area (Å²) in [7, 11) is -3.22. The number of rotatable bonds is 9. The van der Waals surface area contributed by atoms with Crippen molar-refractivity contribution in [3.63, 3.8) is 0 Å². The van der Waals surface area contributed by atoms with Crippen molar-refractivity contribution >= 4 is 9.84 Å². The molecule has 0 bridgehead atoms. The van der Waals surface area contributed by atoms with Gasteiger partial charge in [-0.1, -0.05) is 58.2 Å². The predicted octanol–water partition coefficient (Wildman–Crippen LogP) is 4.69. The smallest absolute Gasteiger partial charge is 0.251 e. The van der Waals surface area contributed by atoms with Gasteiger partial charge in [-0.05, 0) is 42.5 Å². The van der Waals surface area contributed by atoms with E-state index in [1.807, 2.05) is 31.2 Å². The zero-order valence-electron chi connectivity index (χ0n) is 16.8. The molecule has 1 aromatic carbocycles. The molecule has 1 N–H and O–H groups in total. The van der Waals surface area contributed by atoms with Crippen molar-refractivity contribution in [1.29, 1.82) is 0 Å². The standard InChI is InChI=1S/C22H31NO3S/c1-5-7-8-16(3)15-20(21-14-11-17(6-2)22(24)23-21)18-9-12-19(13-10-18)27(4,25)26/h9-14,16,20H,5-8,15H2,1-4H3,(H,23,24). The molecule has 5 heteroatoms. The van der Waals surface area contributed by atoms with Gasteiger partial charge >= 0.3 is 0 Å². The number of benzene rings is 1. The quantitative estimate of drug-likeness (QED) is 0.676. The van der Waals surface area contributed by atoms with Crippen LogP contribution in [0.25, 0.3) is 0 Å². The molecule has 0 aliphatic rings. The monoisotopic (exact) mass is 389 g/mol. The molecule has 0 aliphatic carbocycles. The highest BCUT2D eigenvalue weighted by molar-refractivity contribution is 7.90. The molecule has 2 atom stereocenters. The summed E-state index contributed by atoms with van der Waals surface area (Å²) in [5.74, 6) is 0.558. The lowest BCUT2D eigenvalue weighted by Gasteiger charge is -2.22. The number of H-pyrrole nitrogens is 1. The number of hydrogen-bond acceptors (Lipinski definition) is 3. The summed E-state index contributed by atoms with van der Waals surface area (Å²) in [6.45, 7) is 6.40. The third-order valence-corrected chi connectivity index (χ3v) is 6.30. The largest absolute Gasteiger partial charge is 0.325 e. The number of aromatic amines is 1. The molecule has 2 rings (SSSR count). The number of aryl methyl sites for hydroxylation is 1.